The van der Waals surface area contributed by atoms with Gasteiger partial charge >= 0.3 is 0 Å². The van der Waals surface area contributed by atoms with Crippen LogP contribution in [-0.2, 0) is 0 Å². The third kappa shape index (κ3) is 4.68. The van der Waals surface area contributed by atoms with Crippen molar-refractivity contribution in [3.63, 3.8) is 0 Å². The molecular weight excluding hydrogens is 322 g/mol. The maximum atomic E-state index is 12.3. The van der Waals surface area contributed by atoms with Crippen LogP contribution in [0.1, 0.15) is 21.5 Å². The molecule has 0 atom stereocenters. The zero-order chi connectivity index (χ0) is 18.2. The molecule has 0 aliphatic heterocycles. The molecule has 3 aromatic carbocycles. The van der Waals surface area contributed by atoms with E-state index >= 15 is 0 Å². The van der Waals surface area contributed by atoms with Gasteiger partial charge in [-0.05, 0) is 35.9 Å². The quantitative estimate of drug-likeness (QED) is 0.416. The van der Waals surface area contributed by atoms with Crippen molar-refractivity contribution in [1.82, 2.24) is 5.43 Å². The van der Waals surface area contributed by atoms with Crippen LogP contribution in [0.5, 0.6) is 0 Å². The predicted molar refractivity (Wildman–Crippen MR) is 107 cm³/mol. The Balaban J connectivity index is 1.83. The highest BCUT2D eigenvalue weighted by molar-refractivity contribution is 6.11. The summed E-state index contributed by atoms with van der Waals surface area (Å²) in [6.07, 6.45) is 3.84. The number of nitrogen functional groups attached to an aromatic ring is 1. The van der Waals surface area contributed by atoms with E-state index in [0.717, 1.165) is 11.1 Å². The Labute approximate surface area is 152 Å². The van der Waals surface area contributed by atoms with Gasteiger partial charge in [0.05, 0.1) is 5.71 Å². The largest absolute Gasteiger partial charge is 0.399 e. The second kappa shape index (κ2) is 8.44. The van der Waals surface area contributed by atoms with Crippen LogP contribution in [0.3, 0.4) is 0 Å². The molecule has 0 heterocycles. The highest BCUT2D eigenvalue weighted by Crippen LogP contribution is 2.08. The van der Waals surface area contributed by atoms with E-state index in [0.29, 0.717) is 17.0 Å². The van der Waals surface area contributed by atoms with Gasteiger partial charge in [-0.3, -0.25) is 4.79 Å². The van der Waals surface area contributed by atoms with Crippen LogP contribution in [0, 0.1) is 0 Å². The number of hydrogen-bond donors (Lipinski definition) is 2. The van der Waals surface area contributed by atoms with Crippen molar-refractivity contribution in [2.45, 2.75) is 0 Å². The minimum absolute atomic E-state index is 0.286. The average Bonchev–Trinajstić information content (AvgIpc) is 2.70. The smallest absolute Gasteiger partial charge is 0.271 e. The number of allylic oxidation sites excluding steroid dienone is 1. The number of nitrogens with zero attached hydrogens (tertiary/aromatic N) is 1. The van der Waals surface area contributed by atoms with Gasteiger partial charge in [0, 0.05) is 16.8 Å². The molecule has 1 amide bonds. The van der Waals surface area contributed by atoms with Gasteiger partial charge < -0.3 is 5.73 Å². The predicted octanol–water partition coefficient (Wildman–Crippen LogP) is 4.12. The van der Waals surface area contributed by atoms with Crippen molar-refractivity contribution in [1.29, 1.82) is 0 Å². The summed E-state index contributed by atoms with van der Waals surface area (Å²) in [6.45, 7) is 0. The van der Waals surface area contributed by atoms with E-state index in [9.17, 15) is 4.79 Å². The third-order valence-electron chi connectivity index (χ3n) is 3.75. The minimum Gasteiger partial charge on any atom is -0.399 e. The van der Waals surface area contributed by atoms with Crippen molar-refractivity contribution in [2.24, 2.45) is 5.10 Å². The molecule has 3 N–H and O–H groups in total. The lowest BCUT2D eigenvalue weighted by molar-refractivity contribution is 0.0955. The maximum absolute atomic E-state index is 12.3. The number of carbonyl (C=O) groups is 1. The number of anilines is 1. The second-order valence-electron chi connectivity index (χ2n) is 5.67. The summed E-state index contributed by atoms with van der Waals surface area (Å²) in [5.74, 6) is -0.286. The van der Waals surface area contributed by atoms with Crippen LogP contribution in [-0.4, -0.2) is 11.6 Å². The number of hydrogen-bond acceptors (Lipinski definition) is 3. The lowest BCUT2D eigenvalue weighted by Crippen LogP contribution is -2.19. The molecule has 0 bridgehead atoms. The molecule has 0 unspecified atom stereocenters. The van der Waals surface area contributed by atoms with E-state index in [1.807, 2.05) is 72.8 Å². The summed E-state index contributed by atoms with van der Waals surface area (Å²) in [4.78, 5) is 12.3. The van der Waals surface area contributed by atoms with Gasteiger partial charge in [0.15, 0.2) is 0 Å². The van der Waals surface area contributed by atoms with E-state index < -0.39 is 0 Å². The van der Waals surface area contributed by atoms with Gasteiger partial charge in [0.2, 0.25) is 0 Å². The van der Waals surface area contributed by atoms with Crippen LogP contribution >= 0.6 is 0 Å². The molecule has 0 saturated carbocycles. The monoisotopic (exact) mass is 341 g/mol. The summed E-state index contributed by atoms with van der Waals surface area (Å²) in [6, 6.07) is 26.3. The SMILES string of the molecule is Nc1ccc(C(=O)NN=C(C=Cc2ccccc2)c2ccccc2)cc1. The first kappa shape index (κ1) is 17.2. The van der Waals surface area contributed by atoms with E-state index in [1.165, 1.54) is 0 Å². The molecule has 3 aromatic rings. The van der Waals surface area contributed by atoms with E-state index in [1.54, 1.807) is 24.3 Å². The summed E-state index contributed by atoms with van der Waals surface area (Å²) in [7, 11) is 0. The zero-order valence-electron chi connectivity index (χ0n) is 14.2. The first-order chi connectivity index (χ1) is 12.7. The average molecular weight is 341 g/mol. The van der Waals surface area contributed by atoms with Gasteiger partial charge in [0.1, 0.15) is 0 Å². The molecule has 0 aliphatic rings. The molecule has 0 saturated heterocycles. The summed E-state index contributed by atoms with van der Waals surface area (Å²) in [5.41, 5.74) is 12.0. The van der Waals surface area contributed by atoms with Crippen LogP contribution in [0.2, 0.25) is 0 Å². The molecule has 3 rings (SSSR count). The van der Waals surface area contributed by atoms with Gasteiger partial charge in [-0.15, -0.1) is 0 Å². The van der Waals surface area contributed by atoms with Crippen molar-refractivity contribution in [3.05, 3.63) is 108 Å². The Bertz CT molecular complexity index is 915. The van der Waals surface area contributed by atoms with Crippen LogP contribution in [0.15, 0.2) is 96.1 Å². The highest BCUT2D eigenvalue weighted by Gasteiger charge is 2.05. The number of amides is 1. The fourth-order valence-electron chi connectivity index (χ4n) is 2.36. The zero-order valence-corrected chi connectivity index (χ0v) is 14.2. The van der Waals surface area contributed by atoms with Crippen LogP contribution in [0.4, 0.5) is 5.69 Å². The third-order valence-corrected chi connectivity index (χ3v) is 3.75. The van der Waals surface area contributed by atoms with E-state index in [2.05, 4.69) is 10.5 Å². The topological polar surface area (TPSA) is 67.5 Å². The lowest BCUT2D eigenvalue weighted by atomic mass is 10.1. The van der Waals surface area contributed by atoms with Gasteiger partial charge in [0.25, 0.3) is 5.91 Å². The summed E-state index contributed by atoms with van der Waals surface area (Å²) in [5, 5.41) is 4.31. The van der Waals surface area contributed by atoms with Crippen molar-refractivity contribution in [3.8, 4) is 0 Å². The minimum atomic E-state index is -0.286. The number of nitrogens with one attached hydrogen (secondary N) is 1. The van der Waals surface area contributed by atoms with Gasteiger partial charge in [-0.1, -0.05) is 66.7 Å². The molecule has 4 nitrogen and oxygen atoms in total. The molecule has 0 aromatic heterocycles. The summed E-state index contributed by atoms with van der Waals surface area (Å²) >= 11 is 0. The number of rotatable bonds is 5. The van der Waals surface area contributed by atoms with E-state index in [4.69, 9.17) is 5.73 Å². The van der Waals surface area contributed by atoms with Crippen molar-refractivity contribution in [2.75, 3.05) is 5.73 Å². The fraction of sp³-hybridized carbons (Fsp3) is 0. The summed E-state index contributed by atoms with van der Waals surface area (Å²) < 4.78 is 0. The molecular formula is C22H19N3O. The molecule has 26 heavy (non-hydrogen) atoms. The Morgan fingerprint density at radius 2 is 1.42 bits per heavy atom. The maximum Gasteiger partial charge on any atom is 0.271 e. The first-order valence-electron chi connectivity index (χ1n) is 8.24. The Kier molecular flexibility index (Phi) is 5.58. The molecule has 4 heteroatoms. The Hall–Kier alpha value is -3.66. The fourth-order valence-corrected chi connectivity index (χ4v) is 2.36. The number of nitrogens with two attached hydrogens (primary N) is 1. The van der Waals surface area contributed by atoms with E-state index in [-0.39, 0.29) is 5.91 Å². The van der Waals surface area contributed by atoms with Gasteiger partial charge in [-0.2, -0.15) is 5.10 Å². The first-order valence-corrected chi connectivity index (χ1v) is 8.24. The normalized spacial score (nSPS) is 11.5. The Morgan fingerprint density at radius 3 is 2.08 bits per heavy atom. The van der Waals surface area contributed by atoms with Crippen molar-refractivity contribution >= 4 is 23.4 Å². The molecule has 0 aliphatic carbocycles. The van der Waals surface area contributed by atoms with Crippen molar-refractivity contribution < 1.29 is 4.79 Å². The number of carbonyl (C=O) groups excluding carboxylic acids is 1. The van der Waals surface area contributed by atoms with Gasteiger partial charge in [-0.25, -0.2) is 5.43 Å². The molecule has 0 radical (unpaired) electrons. The lowest BCUT2D eigenvalue weighted by Gasteiger charge is -2.04. The standard InChI is InChI=1S/C22H19N3O/c23-20-14-12-19(13-15-20)22(26)25-24-21(18-9-5-2-6-10-18)16-11-17-7-3-1-4-8-17/h1-16H,23H2,(H,25,26). The molecule has 0 spiro atoms. The van der Waals surface area contributed by atoms with Crippen LogP contribution < -0.4 is 11.2 Å². The second-order valence-corrected chi connectivity index (χ2v) is 5.67. The Morgan fingerprint density at radius 1 is 0.808 bits per heavy atom. The molecule has 128 valence electrons. The number of benzene rings is 3. The number of hydrazone groups is 1. The molecule has 0 fully saturated rings. The highest BCUT2D eigenvalue weighted by atomic mass is 16.2. The van der Waals surface area contributed by atoms with Crippen LogP contribution in [0.25, 0.3) is 6.08 Å².